The highest BCUT2D eigenvalue weighted by Gasteiger charge is 2.29. The highest BCUT2D eigenvalue weighted by atomic mass is 19.1. The summed E-state index contributed by atoms with van der Waals surface area (Å²) >= 11 is 0. The Morgan fingerprint density at radius 2 is 1.78 bits per heavy atom. The average Bonchev–Trinajstić information content (AvgIpc) is 3.17. The molecule has 4 aromatic rings. The molecule has 0 aromatic heterocycles. The maximum Gasteiger partial charge on any atom is 0.150 e. The first kappa shape index (κ1) is 22.9. The zero-order chi connectivity index (χ0) is 24.5. The standard InChI is InChI=1S/C31H30FNO3/c32-22-8-13-27-28-12-7-21-18-24(34)9-14-26(21)30(28)31(36-29(27)19-22)20-5-10-25(11-6-20)35-17-15-23-4-2-1-3-16-33-23/h5-14,18-19,23,31,33-34H,1-4,15-17H2. The molecule has 2 aliphatic rings. The van der Waals surface area contributed by atoms with E-state index in [-0.39, 0.29) is 11.6 Å². The smallest absolute Gasteiger partial charge is 0.150 e. The van der Waals surface area contributed by atoms with Crippen molar-refractivity contribution in [3.05, 3.63) is 89.7 Å². The van der Waals surface area contributed by atoms with Crippen molar-refractivity contribution in [2.24, 2.45) is 0 Å². The first-order valence-electron chi connectivity index (χ1n) is 12.8. The molecule has 1 saturated heterocycles. The second-order valence-corrected chi connectivity index (χ2v) is 9.78. The number of hydrogen-bond acceptors (Lipinski definition) is 4. The van der Waals surface area contributed by atoms with Crippen molar-refractivity contribution in [1.29, 1.82) is 0 Å². The molecule has 0 bridgehead atoms. The molecule has 0 aliphatic carbocycles. The van der Waals surface area contributed by atoms with Crippen molar-refractivity contribution >= 4 is 10.8 Å². The van der Waals surface area contributed by atoms with Crippen LogP contribution in [0.1, 0.15) is 49.3 Å². The monoisotopic (exact) mass is 483 g/mol. The van der Waals surface area contributed by atoms with Gasteiger partial charge in [0.15, 0.2) is 6.10 Å². The molecule has 6 rings (SSSR count). The molecule has 2 atom stereocenters. The number of halogens is 1. The van der Waals surface area contributed by atoms with Crippen LogP contribution in [0.3, 0.4) is 0 Å². The lowest BCUT2D eigenvalue weighted by atomic mass is 9.86. The fraction of sp³-hybridized carbons (Fsp3) is 0.290. The second kappa shape index (κ2) is 9.82. The highest BCUT2D eigenvalue weighted by Crippen LogP contribution is 2.48. The zero-order valence-corrected chi connectivity index (χ0v) is 20.2. The van der Waals surface area contributed by atoms with E-state index in [2.05, 4.69) is 5.32 Å². The van der Waals surface area contributed by atoms with Gasteiger partial charge < -0.3 is 19.9 Å². The third-order valence-corrected chi connectivity index (χ3v) is 7.37. The topological polar surface area (TPSA) is 50.7 Å². The predicted molar refractivity (Wildman–Crippen MR) is 140 cm³/mol. The molecule has 5 heteroatoms. The van der Waals surface area contributed by atoms with Crippen LogP contribution >= 0.6 is 0 Å². The van der Waals surface area contributed by atoms with Gasteiger partial charge in [-0.05, 0) is 84.1 Å². The van der Waals surface area contributed by atoms with E-state index in [1.807, 2.05) is 42.5 Å². The molecule has 1 fully saturated rings. The third-order valence-electron chi connectivity index (χ3n) is 7.37. The number of nitrogens with one attached hydrogen (secondary N) is 1. The Morgan fingerprint density at radius 3 is 2.67 bits per heavy atom. The molecule has 0 saturated carbocycles. The van der Waals surface area contributed by atoms with Crippen LogP contribution in [0.5, 0.6) is 17.2 Å². The Hall–Kier alpha value is -3.57. The molecule has 0 amide bonds. The number of hydrogen-bond donors (Lipinski definition) is 2. The summed E-state index contributed by atoms with van der Waals surface area (Å²) in [4.78, 5) is 0. The first-order chi connectivity index (χ1) is 17.7. The molecule has 2 aliphatic heterocycles. The number of fused-ring (bicyclic) bond motifs is 5. The zero-order valence-electron chi connectivity index (χ0n) is 20.2. The number of phenolic OH excluding ortho intramolecular Hbond substituents is 1. The van der Waals surface area contributed by atoms with Crippen LogP contribution in [0.2, 0.25) is 0 Å². The van der Waals surface area contributed by atoms with Crippen LogP contribution in [-0.4, -0.2) is 24.3 Å². The number of ether oxygens (including phenoxy) is 2. The fourth-order valence-corrected chi connectivity index (χ4v) is 5.50. The third kappa shape index (κ3) is 4.51. The molecule has 2 unspecified atom stereocenters. The summed E-state index contributed by atoms with van der Waals surface area (Å²) in [6.45, 7) is 1.78. The summed E-state index contributed by atoms with van der Waals surface area (Å²) in [7, 11) is 0. The quantitative estimate of drug-likeness (QED) is 0.317. The Labute approximate surface area is 210 Å². The van der Waals surface area contributed by atoms with Crippen LogP contribution in [0.4, 0.5) is 4.39 Å². The van der Waals surface area contributed by atoms with Crippen molar-refractivity contribution < 1.29 is 19.0 Å². The van der Waals surface area contributed by atoms with E-state index in [1.165, 1.54) is 37.8 Å². The van der Waals surface area contributed by atoms with Crippen LogP contribution in [0.15, 0.2) is 72.8 Å². The first-order valence-corrected chi connectivity index (χ1v) is 12.8. The molecule has 2 heterocycles. The Balaban J connectivity index is 1.29. The number of aromatic hydroxyl groups is 1. The summed E-state index contributed by atoms with van der Waals surface area (Å²) in [5.74, 6) is 1.26. The van der Waals surface area contributed by atoms with Crippen LogP contribution in [-0.2, 0) is 0 Å². The number of phenols is 1. The SMILES string of the molecule is Oc1ccc2c3c(ccc2c1)-c1ccc(F)cc1OC3c1ccc(OCCC2CCCCCN2)cc1. The van der Waals surface area contributed by atoms with Gasteiger partial charge in [-0.1, -0.05) is 43.2 Å². The molecule has 184 valence electrons. The van der Waals surface area contributed by atoms with E-state index in [0.29, 0.717) is 18.4 Å². The highest BCUT2D eigenvalue weighted by molar-refractivity contribution is 5.95. The molecule has 4 nitrogen and oxygen atoms in total. The summed E-state index contributed by atoms with van der Waals surface area (Å²) in [6.07, 6.45) is 5.67. The van der Waals surface area contributed by atoms with E-state index in [4.69, 9.17) is 9.47 Å². The maximum atomic E-state index is 14.1. The summed E-state index contributed by atoms with van der Waals surface area (Å²) < 4.78 is 26.6. The van der Waals surface area contributed by atoms with E-state index in [9.17, 15) is 9.50 Å². The van der Waals surface area contributed by atoms with Gasteiger partial charge in [-0.3, -0.25) is 0 Å². The van der Waals surface area contributed by atoms with E-state index < -0.39 is 6.10 Å². The van der Waals surface area contributed by atoms with Gasteiger partial charge in [0.2, 0.25) is 0 Å². The Bertz CT molecular complexity index is 1380. The lowest BCUT2D eigenvalue weighted by Gasteiger charge is -2.30. The molecular weight excluding hydrogens is 453 g/mol. The van der Waals surface area contributed by atoms with Gasteiger partial charge in [0, 0.05) is 23.2 Å². The van der Waals surface area contributed by atoms with Crippen molar-refractivity contribution in [3.63, 3.8) is 0 Å². The summed E-state index contributed by atoms with van der Waals surface area (Å²) in [5, 5.41) is 15.6. The van der Waals surface area contributed by atoms with Gasteiger partial charge in [-0.2, -0.15) is 0 Å². The van der Waals surface area contributed by atoms with Gasteiger partial charge in [0.05, 0.1) is 6.61 Å². The van der Waals surface area contributed by atoms with E-state index in [0.717, 1.165) is 51.7 Å². The van der Waals surface area contributed by atoms with Gasteiger partial charge in [0.1, 0.15) is 23.1 Å². The van der Waals surface area contributed by atoms with Gasteiger partial charge in [-0.25, -0.2) is 4.39 Å². The maximum absolute atomic E-state index is 14.1. The number of rotatable bonds is 5. The molecule has 0 radical (unpaired) electrons. The van der Waals surface area contributed by atoms with Gasteiger partial charge >= 0.3 is 0 Å². The minimum Gasteiger partial charge on any atom is -0.508 e. The van der Waals surface area contributed by atoms with Crippen molar-refractivity contribution in [3.8, 4) is 28.4 Å². The Kier molecular flexibility index (Phi) is 6.24. The Morgan fingerprint density at radius 1 is 0.917 bits per heavy atom. The van der Waals surface area contributed by atoms with E-state index in [1.54, 1.807) is 18.2 Å². The van der Waals surface area contributed by atoms with Crippen molar-refractivity contribution in [2.45, 2.75) is 44.2 Å². The molecule has 0 spiro atoms. The van der Waals surface area contributed by atoms with Crippen LogP contribution in [0, 0.1) is 5.82 Å². The van der Waals surface area contributed by atoms with Crippen LogP contribution < -0.4 is 14.8 Å². The molecular formula is C31H30FNO3. The number of benzene rings is 4. The largest absolute Gasteiger partial charge is 0.508 e. The van der Waals surface area contributed by atoms with Crippen molar-refractivity contribution in [1.82, 2.24) is 5.32 Å². The van der Waals surface area contributed by atoms with Gasteiger partial charge in [0.25, 0.3) is 0 Å². The van der Waals surface area contributed by atoms with Gasteiger partial charge in [-0.15, -0.1) is 0 Å². The summed E-state index contributed by atoms with van der Waals surface area (Å²) in [6, 6.07) is 22.6. The minimum absolute atomic E-state index is 0.221. The predicted octanol–water partition coefficient (Wildman–Crippen LogP) is 7.13. The minimum atomic E-state index is -0.410. The second-order valence-electron chi connectivity index (χ2n) is 9.78. The van der Waals surface area contributed by atoms with E-state index >= 15 is 0 Å². The van der Waals surface area contributed by atoms with Crippen molar-refractivity contribution in [2.75, 3.05) is 13.2 Å². The molecule has 4 aromatic carbocycles. The van der Waals surface area contributed by atoms with Crippen LogP contribution in [0.25, 0.3) is 21.9 Å². The lowest BCUT2D eigenvalue weighted by Crippen LogP contribution is -2.29. The lowest BCUT2D eigenvalue weighted by molar-refractivity contribution is 0.243. The fourth-order valence-electron chi connectivity index (χ4n) is 5.50. The normalized spacial score (nSPS) is 19.1. The average molecular weight is 484 g/mol. The molecule has 2 N–H and O–H groups in total. The molecule has 36 heavy (non-hydrogen) atoms. The summed E-state index contributed by atoms with van der Waals surface area (Å²) in [5.41, 5.74) is 3.85.